The zero-order valence-electron chi connectivity index (χ0n) is 7.95. The summed E-state index contributed by atoms with van der Waals surface area (Å²) < 4.78 is 26.6. The molecule has 0 saturated carbocycles. The number of hydrogen-bond donors (Lipinski definition) is 1. The average Bonchev–Trinajstić information content (AvgIpc) is 2.68. The Labute approximate surface area is 103 Å². The highest BCUT2D eigenvalue weighted by atomic mass is 79.9. The van der Waals surface area contributed by atoms with E-state index < -0.39 is 17.7 Å². The average molecular weight is 305 g/mol. The fourth-order valence-corrected chi connectivity index (χ4v) is 2.54. The Bertz CT molecular complexity index is 512. The van der Waals surface area contributed by atoms with Crippen LogP contribution in [0.5, 0.6) is 0 Å². The quantitative estimate of drug-likeness (QED) is 0.893. The van der Waals surface area contributed by atoms with Crippen LogP contribution in [0.4, 0.5) is 8.78 Å². The second kappa shape index (κ2) is 4.61. The Kier molecular flexibility index (Phi) is 3.37. The van der Waals surface area contributed by atoms with Gasteiger partial charge in [0.25, 0.3) is 0 Å². The van der Waals surface area contributed by atoms with Gasteiger partial charge in [0.2, 0.25) is 0 Å². The third-order valence-corrected chi connectivity index (χ3v) is 3.69. The van der Waals surface area contributed by atoms with Crippen LogP contribution in [0.1, 0.15) is 17.2 Å². The molecule has 1 heterocycles. The second-order valence-corrected chi connectivity index (χ2v) is 5.55. The van der Waals surface area contributed by atoms with E-state index in [9.17, 15) is 13.9 Å². The van der Waals surface area contributed by atoms with E-state index in [1.54, 1.807) is 11.4 Å². The van der Waals surface area contributed by atoms with Gasteiger partial charge in [0, 0.05) is 0 Å². The van der Waals surface area contributed by atoms with Crippen molar-refractivity contribution in [3.63, 3.8) is 0 Å². The Morgan fingerprint density at radius 2 is 1.88 bits per heavy atom. The third-order valence-electron chi connectivity index (χ3n) is 2.16. The number of hydrogen-bond acceptors (Lipinski definition) is 2. The summed E-state index contributed by atoms with van der Waals surface area (Å²) in [6.45, 7) is 0. The van der Waals surface area contributed by atoms with Crippen LogP contribution in [0, 0.1) is 11.6 Å². The molecule has 0 radical (unpaired) electrons. The van der Waals surface area contributed by atoms with E-state index in [0.717, 1.165) is 15.9 Å². The first-order chi connectivity index (χ1) is 7.58. The van der Waals surface area contributed by atoms with Crippen LogP contribution in [0.25, 0.3) is 0 Å². The van der Waals surface area contributed by atoms with Crippen LogP contribution in [0.2, 0.25) is 0 Å². The minimum Gasteiger partial charge on any atom is -0.384 e. The first-order valence-corrected chi connectivity index (χ1v) is 6.12. The molecule has 0 aliphatic heterocycles. The SMILES string of the molecule is OC(c1csc(Br)c1)c1ccc(F)c(F)c1. The molecule has 1 N–H and O–H groups in total. The number of rotatable bonds is 2. The summed E-state index contributed by atoms with van der Waals surface area (Å²) in [5.41, 5.74) is 0.993. The van der Waals surface area contributed by atoms with Crippen molar-refractivity contribution >= 4 is 27.3 Å². The van der Waals surface area contributed by atoms with Crippen LogP contribution in [0.3, 0.4) is 0 Å². The normalized spacial score (nSPS) is 12.8. The predicted octanol–water partition coefficient (Wildman–Crippen LogP) is 3.87. The summed E-state index contributed by atoms with van der Waals surface area (Å²) in [6.07, 6.45) is -0.933. The molecule has 0 aliphatic rings. The minimum absolute atomic E-state index is 0.337. The molecular formula is C11H7BrF2OS. The van der Waals surface area contributed by atoms with Crippen LogP contribution in [0.15, 0.2) is 33.4 Å². The molecule has 0 aliphatic carbocycles. The smallest absolute Gasteiger partial charge is 0.159 e. The summed E-state index contributed by atoms with van der Waals surface area (Å²) >= 11 is 4.70. The van der Waals surface area contributed by atoms with Crippen molar-refractivity contribution in [2.24, 2.45) is 0 Å². The van der Waals surface area contributed by atoms with Crippen molar-refractivity contribution in [2.75, 3.05) is 0 Å². The molecular weight excluding hydrogens is 298 g/mol. The largest absolute Gasteiger partial charge is 0.384 e. The van der Waals surface area contributed by atoms with Crippen LogP contribution in [-0.4, -0.2) is 5.11 Å². The fourth-order valence-electron chi connectivity index (χ4n) is 1.34. The van der Waals surface area contributed by atoms with Gasteiger partial charge in [0.05, 0.1) is 3.79 Å². The van der Waals surface area contributed by atoms with E-state index >= 15 is 0 Å². The molecule has 1 atom stereocenters. The second-order valence-electron chi connectivity index (χ2n) is 3.26. The van der Waals surface area contributed by atoms with Crippen molar-refractivity contribution in [1.29, 1.82) is 0 Å². The summed E-state index contributed by atoms with van der Waals surface area (Å²) in [7, 11) is 0. The van der Waals surface area contributed by atoms with Gasteiger partial charge in [-0.05, 0) is 50.6 Å². The van der Waals surface area contributed by atoms with Crippen LogP contribution >= 0.6 is 27.3 Å². The monoisotopic (exact) mass is 304 g/mol. The van der Waals surface area contributed by atoms with E-state index in [4.69, 9.17) is 0 Å². The predicted molar refractivity (Wildman–Crippen MR) is 62.4 cm³/mol. The molecule has 1 nitrogen and oxygen atoms in total. The van der Waals surface area contributed by atoms with Crippen LogP contribution in [-0.2, 0) is 0 Å². The van der Waals surface area contributed by atoms with Crippen molar-refractivity contribution in [3.8, 4) is 0 Å². The highest BCUT2D eigenvalue weighted by molar-refractivity contribution is 9.11. The maximum atomic E-state index is 13.0. The zero-order valence-corrected chi connectivity index (χ0v) is 10.4. The highest BCUT2D eigenvalue weighted by Crippen LogP contribution is 2.29. The number of aliphatic hydroxyl groups excluding tert-OH is 1. The van der Waals surface area contributed by atoms with Gasteiger partial charge in [-0.1, -0.05) is 6.07 Å². The molecule has 0 spiro atoms. The van der Waals surface area contributed by atoms with Gasteiger partial charge >= 0.3 is 0 Å². The highest BCUT2D eigenvalue weighted by Gasteiger charge is 2.14. The number of thiophene rings is 1. The molecule has 1 unspecified atom stereocenters. The fraction of sp³-hybridized carbons (Fsp3) is 0.0909. The lowest BCUT2D eigenvalue weighted by Crippen LogP contribution is -1.99. The molecule has 2 aromatic rings. The minimum atomic E-state index is -0.953. The summed E-state index contributed by atoms with van der Waals surface area (Å²) in [6, 6.07) is 5.13. The van der Waals surface area contributed by atoms with E-state index in [1.807, 2.05) is 0 Å². The molecule has 1 aromatic heterocycles. The molecule has 2 rings (SSSR count). The molecule has 0 bridgehead atoms. The van der Waals surface area contributed by atoms with Gasteiger partial charge in [-0.2, -0.15) is 0 Å². The Hall–Kier alpha value is -0.780. The Morgan fingerprint density at radius 1 is 1.12 bits per heavy atom. The first kappa shape index (κ1) is 11.7. The van der Waals surface area contributed by atoms with Crippen molar-refractivity contribution < 1.29 is 13.9 Å². The Morgan fingerprint density at radius 3 is 2.44 bits per heavy atom. The van der Waals surface area contributed by atoms with E-state index in [0.29, 0.717) is 11.1 Å². The first-order valence-electron chi connectivity index (χ1n) is 4.45. The lowest BCUT2D eigenvalue weighted by atomic mass is 10.0. The zero-order chi connectivity index (χ0) is 11.7. The maximum Gasteiger partial charge on any atom is 0.159 e. The number of aliphatic hydroxyl groups is 1. The number of benzene rings is 1. The topological polar surface area (TPSA) is 20.2 Å². The van der Waals surface area contributed by atoms with Gasteiger partial charge in [-0.25, -0.2) is 8.78 Å². The van der Waals surface area contributed by atoms with Gasteiger partial charge in [0.15, 0.2) is 11.6 Å². The molecule has 16 heavy (non-hydrogen) atoms. The molecule has 84 valence electrons. The standard InChI is InChI=1S/C11H7BrF2OS/c12-10-4-7(5-16-10)11(15)6-1-2-8(13)9(14)3-6/h1-5,11,15H. The molecule has 0 fully saturated rings. The van der Waals surface area contributed by atoms with Crippen molar-refractivity contribution in [1.82, 2.24) is 0 Å². The van der Waals surface area contributed by atoms with E-state index in [-0.39, 0.29) is 0 Å². The molecule has 0 amide bonds. The van der Waals surface area contributed by atoms with E-state index in [1.165, 1.54) is 17.4 Å². The lowest BCUT2D eigenvalue weighted by molar-refractivity contribution is 0.220. The summed E-state index contributed by atoms with van der Waals surface area (Å²) in [4.78, 5) is 0. The molecule has 0 saturated heterocycles. The van der Waals surface area contributed by atoms with Crippen molar-refractivity contribution in [2.45, 2.75) is 6.10 Å². The van der Waals surface area contributed by atoms with Crippen molar-refractivity contribution in [3.05, 3.63) is 56.2 Å². The maximum absolute atomic E-state index is 13.0. The Balaban J connectivity index is 2.33. The molecule has 1 aromatic carbocycles. The number of halogens is 3. The van der Waals surface area contributed by atoms with Crippen LogP contribution < -0.4 is 0 Å². The van der Waals surface area contributed by atoms with Gasteiger partial charge in [-0.15, -0.1) is 11.3 Å². The van der Waals surface area contributed by atoms with Gasteiger partial charge in [-0.3, -0.25) is 0 Å². The summed E-state index contributed by atoms with van der Waals surface area (Å²) in [5, 5.41) is 11.7. The van der Waals surface area contributed by atoms with Gasteiger partial charge in [0.1, 0.15) is 6.10 Å². The molecule has 5 heteroatoms. The third kappa shape index (κ3) is 2.31. The van der Waals surface area contributed by atoms with E-state index in [2.05, 4.69) is 15.9 Å². The summed E-state index contributed by atoms with van der Waals surface area (Å²) in [5.74, 6) is -1.87. The van der Waals surface area contributed by atoms with Gasteiger partial charge < -0.3 is 5.11 Å². The lowest BCUT2D eigenvalue weighted by Gasteiger charge is -2.09.